The minimum absolute atomic E-state index is 0.0707. The SMILES string of the molecule is Cc1cccc(S(=O)(=O)NC2CCN(CCOc3cccc4[nH]ccc34)C2)c1. The molecule has 2 N–H and O–H groups in total. The van der Waals surface area contributed by atoms with Crippen LogP contribution in [0.2, 0.25) is 0 Å². The third-order valence-electron chi connectivity index (χ3n) is 5.11. The van der Waals surface area contributed by atoms with Crippen LogP contribution in [0.4, 0.5) is 0 Å². The van der Waals surface area contributed by atoms with E-state index >= 15 is 0 Å². The zero-order valence-corrected chi connectivity index (χ0v) is 16.7. The predicted molar refractivity (Wildman–Crippen MR) is 110 cm³/mol. The van der Waals surface area contributed by atoms with Crippen molar-refractivity contribution in [2.24, 2.45) is 0 Å². The van der Waals surface area contributed by atoms with Crippen molar-refractivity contribution >= 4 is 20.9 Å². The fourth-order valence-corrected chi connectivity index (χ4v) is 5.04. The maximum Gasteiger partial charge on any atom is 0.240 e. The number of ether oxygens (including phenoxy) is 1. The van der Waals surface area contributed by atoms with Crippen molar-refractivity contribution in [2.75, 3.05) is 26.2 Å². The van der Waals surface area contributed by atoms with Crippen molar-refractivity contribution in [1.29, 1.82) is 0 Å². The van der Waals surface area contributed by atoms with Crippen LogP contribution in [0.5, 0.6) is 5.75 Å². The van der Waals surface area contributed by atoms with E-state index in [4.69, 9.17) is 4.74 Å². The first-order chi connectivity index (χ1) is 13.5. The minimum Gasteiger partial charge on any atom is -0.492 e. The lowest BCUT2D eigenvalue weighted by Gasteiger charge is -2.17. The second-order valence-corrected chi connectivity index (χ2v) is 8.98. The monoisotopic (exact) mass is 399 g/mol. The van der Waals surface area contributed by atoms with Crippen LogP contribution in [-0.2, 0) is 10.0 Å². The van der Waals surface area contributed by atoms with Crippen molar-refractivity contribution in [3.05, 3.63) is 60.3 Å². The number of benzene rings is 2. The van der Waals surface area contributed by atoms with E-state index in [1.54, 1.807) is 18.2 Å². The molecule has 0 bridgehead atoms. The van der Waals surface area contributed by atoms with Gasteiger partial charge in [0.15, 0.2) is 0 Å². The molecule has 1 saturated heterocycles. The average molecular weight is 400 g/mol. The van der Waals surface area contributed by atoms with Gasteiger partial charge in [0.1, 0.15) is 12.4 Å². The van der Waals surface area contributed by atoms with Crippen molar-refractivity contribution in [2.45, 2.75) is 24.3 Å². The van der Waals surface area contributed by atoms with Gasteiger partial charge in [0.25, 0.3) is 0 Å². The molecule has 1 unspecified atom stereocenters. The highest BCUT2D eigenvalue weighted by Crippen LogP contribution is 2.24. The van der Waals surface area contributed by atoms with E-state index in [1.807, 2.05) is 43.5 Å². The second-order valence-electron chi connectivity index (χ2n) is 7.27. The van der Waals surface area contributed by atoms with Crippen LogP contribution in [0.3, 0.4) is 0 Å². The summed E-state index contributed by atoms with van der Waals surface area (Å²) in [4.78, 5) is 5.74. The van der Waals surface area contributed by atoms with Crippen LogP contribution >= 0.6 is 0 Å². The highest BCUT2D eigenvalue weighted by Gasteiger charge is 2.27. The molecular formula is C21H25N3O3S. The molecule has 0 saturated carbocycles. The summed E-state index contributed by atoms with van der Waals surface area (Å²) in [5, 5.41) is 1.08. The Labute approximate surface area is 165 Å². The number of rotatable bonds is 7. The number of hydrogen-bond donors (Lipinski definition) is 2. The second kappa shape index (κ2) is 7.95. The molecule has 0 spiro atoms. The van der Waals surface area contributed by atoms with E-state index in [0.717, 1.165) is 41.7 Å². The van der Waals surface area contributed by atoms with Crippen molar-refractivity contribution in [3.8, 4) is 5.75 Å². The van der Waals surface area contributed by atoms with E-state index in [2.05, 4.69) is 14.6 Å². The number of aryl methyl sites for hydroxylation is 1. The van der Waals surface area contributed by atoms with Gasteiger partial charge >= 0.3 is 0 Å². The molecule has 1 aliphatic heterocycles. The number of nitrogens with zero attached hydrogens (tertiary/aromatic N) is 1. The largest absolute Gasteiger partial charge is 0.492 e. The Bertz CT molecular complexity index is 1060. The number of fused-ring (bicyclic) bond motifs is 1. The van der Waals surface area contributed by atoms with Gasteiger partial charge in [0.05, 0.1) is 4.90 Å². The van der Waals surface area contributed by atoms with E-state index in [0.29, 0.717) is 18.0 Å². The highest BCUT2D eigenvalue weighted by molar-refractivity contribution is 7.89. The lowest BCUT2D eigenvalue weighted by atomic mass is 10.2. The van der Waals surface area contributed by atoms with Gasteiger partial charge in [0.2, 0.25) is 10.0 Å². The quantitative estimate of drug-likeness (QED) is 0.641. The zero-order chi connectivity index (χ0) is 19.6. The fourth-order valence-electron chi connectivity index (χ4n) is 3.67. The molecule has 1 aliphatic rings. The Morgan fingerprint density at radius 3 is 2.93 bits per heavy atom. The first-order valence-electron chi connectivity index (χ1n) is 9.51. The summed E-state index contributed by atoms with van der Waals surface area (Å²) in [5.41, 5.74) is 2.00. The smallest absolute Gasteiger partial charge is 0.240 e. The summed E-state index contributed by atoms with van der Waals surface area (Å²) in [6.45, 7) is 4.79. The lowest BCUT2D eigenvalue weighted by Crippen LogP contribution is -2.37. The average Bonchev–Trinajstić information content (AvgIpc) is 3.31. The molecule has 7 heteroatoms. The third-order valence-corrected chi connectivity index (χ3v) is 6.63. The van der Waals surface area contributed by atoms with E-state index in [-0.39, 0.29) is 6.04 Å². The molecule has 0 aliphatic carbocycles. The van der Waals surface area contributed by atoms with Gasteiger partial charge in [-0.1, -0.05) is 18.2 Å². The maximum atomic E-state index is 12.6. The number of H-pyrrole nitrogens is 1. The number of hydrogen-bond acceptors (Lipinski definition) is 4. The molecule has 148 valence electrons. The predicted octanol–water partition coefficient (Wildman–Crippen LogP) is 2.91. The molecule has 6 nitrogen and oxygen atoms in total. The van der Waals surface area contributed by atoms with Gasteiger partial charge in [-0.25, -0.2) is 13.1 Å². The molecule has 28 heavy (non-hydrogen) atoms. The van der Waals surface area contributed by atoms with Crippen LogP contribution in [0, 0.1) is 6.92 Å². The first-order valence-corrected chi connectivity index (χ1v) is 11.0. The van der Waals surface area contributed by atoms with Gasteiger partial charge < -0.3 is 9.72 Å². The van der Waals surface area contributed by atoms with Crippen LogP contribution in [0.1, 0.15) is 12.0 Å². The standard InChI is InChI=1S/C21H25N3O3S/c1-16-4-2-5-18(14-16)28(25,26)23-17-9-11-24(15-17)12-13-27-21-7-3-6-20-19(21)8-10-22-20/h2-8,10,14,17,22-23H,9,11-13,15H2,1H3. The molecule has 4 rings (SSSR count). The van der Waals surface area contributed by atoms with E-state index in [1.165, 1.54) is 0 Å². The summed E-state index contributed by atoms with van der Waals surface area (Å²) >= 11 is 0. The van der Waals surface area contributed by atoms with Gasteiger partial charge in [-0.2, -0.15) is 0 Å². The van der Waals surface area contributed by atoms with Gasteiger partial charge in [-0.15, -0.1) is 0 Å². The summed E-state index contributed by atoms with van der Waals surface area (Å²) in [6, 6.07) is 14.9. The van der Waals surface area contributed by atoms with Crippen LogP contribution in [0.25, 0.3) is 10.9 Å². The van der Waals surface area contributed by atoms with E-state index in [9.17, 15) is 8.42 Å². The van der Waals surface area contributed by atoms with Crippen LogP contribution in [-0.4, -0.2) is 50.6 Å². The maximum absolute atomic E-state index is 12.6. The topological polar surface area (TPSA) is 74.4 Å². The molecule has 0 amide bonds. The van der Waals surface area contributed by atoms with E-state index < -0.39 is 10.0 Å². The number of likely N-dealkylation sites (tertiary alicyclic amines) is 1. The van der Waals surface area contributed by atoms with Gasteiger partial charge in [-0.05, 0) is 55.8 Å². The van der Waals surface area contributed by atoms with Crippen molar-refractivity contribution in [3.63, 3.8) is 0 Å². The summed E-state index contributed by atoms with van der Waals surface area (Å²) in [7, 11) is -3.48. The summed E-state index contributed by atoms with van der Waals surface area (Å²) in [6.07, 6.45) is 2.71. The molecule has 2 aromatic carbocycles. The lowest BCUT2D eigenvalue weighted by molar-refractivity contribution is 0.237. The fraction of sp³-hybridized carbons (Fsp3) is 0.333. The van der Waals surface area contributed by atoms with Crippen molar-refractivity contribution in [1.82, 2.24) is 14.6 Å². The van der Waals surface area contributed by atoms with Gasteiger partial charge in [0, 0.05) is 36.2 Å². The highest BCUT2D eigenvalue weighted by atomic mass is 32.2. The van der Waals surface area contributed by atoms with Gasteiger partial charge in [-0.3, -0.25) is 4.90 Å². The minimum atomic E-state index is -3.48. The number of nitrogens with one attached hydrogen (secondary N) is 2. The van der Waals surface area contributed by atoms with Crippen LogP contribution < -0.4 is 9.46 Å². The molecule has 1 atom stereocenters. The number of aromatic amines is 1. The zero-order valence-electron chi connectivity index (χ0n) is 15.9. The summed E-state index contributed by atoms with van der Waals surface area (Å²) in [5.74, 6) is 0.870. The molecule has 1 fully saturated rings. The Balaban J connectivity index is 1.29. The Kier molecular flexibility index (Phi) is 5.39. The van der Waals surface area contributed by atoms with Crippen molar-refractivity contribution < 1.29 is 13.2 Å². The molecule has 3 aromatic rings. The molecular weight excluding hydrogens is 374 g/mol. The summed E-state index contributed by atoms with van der Waals surface area (Å²) < 4.78 is 34.0. The Morgan fingerprint density at radius 1 is 1.21 bits per heavy atom. The van der Waals surface area contributed by atoms with Crippen LogP contribution in [0.15, 0.2) is 59.6 Å². The Morgan fingerprint density at radius 2 is 2.07 bits per heavy atom. The molecule has 1 aromatic heterocycles. The normalized spacial score (nSPS) is 18.0. The third kappa shape index (κ3) is 4.22. The Hall–Kier alpha value is -2.35. The number of sulfonamides is 1. The molecule has 2 heterocycles. The first kappa shape index (κ1) is 19.0. The number of aromatic nitrogens is 1. The molecule has 0 radical (unpaired) electrons.